The molecule has 1 aliphatic rings. The Labute approximate surface area is 286 Å². The van der Waals surface area contributed by atoms with Crippen LogP contribution in [0, 0.1) is 6.92 Å². The molecule has 10 rings (SSSR count). The molecule has 0 N–H and O–H groups in total. The summed E-state index contributed by atoms with van der Waals surface area (Å²) >= 11 is 0. The van der Waals surface area contributed by atoms with Gasteiger partial charge in [0.15, 0.2) is 0 Å². The highest BCUT2D eigenvalue weighted by Gasteiger charge is 2.44. The summed E-state index contributed by atoms with van der Waals surface area (Å²) in [5.41, 5.74) is 8.33. The third-order valence-electron chi connectivity index (χ3n) is 9.78. The van der Waals surface area contributed by atoms with Crippen LogP contribution in [0.15, 0.2) is 146 Å². The van der Waals surface area contributed by atoms with Crippen LogP contribution in [0.5, 0.6) is 0 Å². The van der Waals surface area contributed by atoms with Crippen LogP contribution in [0.1, 0.15) is 26.3 Å². The molecule has 0 unspecified atom stereocenters. The fraction of sp³-hybridized carbons (Fsp3) is 0.0233. The van der Waals surface area contributed by atoms with E-state index in [0.717, 1.165) is 60.0 Å². The van der Waals surface area contributed by atoms with E-state index in [1.807, 2.05) is 116 Å². The third kappa shape index (κ3) is 3.85. The number of carbonyl (C=O) groups is 2. The number of hydrogen-bond acceptors (Lipinski definition) is 4. The van der Waals surface area contributed by atoms with Crippen LogP contribution in [0.2, 0.25) is 0 Å². The van der Waals surface area contributed by atoms with Gasteiger partial charge in [0.2, 0.25) is 5.95 Å². The lowest BCUT2D eigenvalue weighted by Crippen LogP contribution is -2.31. The van der Waals surface area contributed by atoms with E-state index in [9.17, 15) is 0 Å². The van der Waals surface area contributed by atoms with Crippen molar-refractivity contribution in [1.82, 2.24) is 19.1 Å². The van der Waals surface area contributed by atoms with Gasteiger partial charge in [0.25, 0.3) is 11.8 Å². The van der Waals surface area contributed by atoms with Gasteiger partial charge in [0, 0.05) is 44.7 Å². The van der Waals surface area contributed by atoms with Crippen molar-refractivity contribution >= 4 is 61.4 Å². The van der Waals surface area contributed by atoms with Crippen LogP contribution < -0.4 is 4.90 Å². The minimum atomic E-state index is -0.456. The summed E-state index contributed by atoms with van der Waals surface area (Å²) < 4.78 is 4.24. The Morgan fingerprint density at radius 3 is 1.52 bits per heavy atom. The summed E-state index contributed by atoms with van der Waals surface area (Å²) in [6.07, 6.45) is 1.61. The zero-order valence-electron chi connectivity index (χ0n) is 26.9. The van der Waals surface area contributed by atoms with Gasteiger partial charge in [-0.1, -0.05) is 103 Å². The number of rotatable bonds is 4. The van der Waals surface area contributed by atoms with E-state index >= 15 is 9.59 Å². The van der Waals surface area contributed by atoms with Gasteiger partial charge in [-0.15, -0.1) is 0 Å². The van der Waals surface area contributed by atoms with Gasteiger partial charge < -0.3 is 9.13 Å². The van der Waals surface area contributed by atoms with E-state index in [1.165, 1.54) is 0 Å². The molecule has 1 aliphatic heterocycles. The van der Waals surface area contributed by atoms with E-state index < -0.39 is 11.8 Å². The monoisotopic (exact) mass is 645 g/mol. The molecule has 0 atom stereocenters. The molecule has 0 spiro atoms. The van der Waals surface area contributed by atoms with Crippen molar-refractivity contribution in [3.8, 4) is 22.6 Å². The number of fused-ring (bicyclic) bond motifs is 10. The maximum absolute atomic E-state index is 15.1. The van der Waals surface area contributed by atoms with Gasteiger partial charge in [-0.05, 0) is 49.4 Å². The van der Waals surface area contributed by atoms with Crippen molar-refractivity contribution in [3.63, 3.8) is 0 Å². The fourth-order valence-corrected chi connectivity index (χ4v) is 7.64. The molecule has 7 nitrogen and oxygen atoms in total. The van der Waals surface area contributed by atoms with E-state index in [1.54, 1.807) is 12.3 Å². The zero-order chi connectivity index (χ0) is 33.5. The Bertz CT molecular complexity index is 2700. The molecule has 3 aromatic heterocycles. The summed E-state index contributed by atoms with van der Waals surface area (Å²) in [6.45, 7) is 2.03. The van der Waals surface area contributed by atoms with Gasteiger partial charge in [-0.2, -0.15) is 0 Å². The molecular weight excluding hydrogens is 619 g/mol. The maximum atomic E-state index is 15.1. The summed E-state index contributed by atoms with van der Waals surface area (Å²) in [7, 11) is 0. The average molecular weight is 646 g/mol. The zero-order valence-corrected chi connectivity index (χ0v) is 26.9. The standard InChI is InChI=1S/C43H27N5O2/c1-26-20-22-27(23-21-26)32-24-25-44-43(45-32)48-41(49)37-38(42(48)50)40-36(31-17-9-11-19-34(31)47(40)29-14-6-3-7-15-29)35-30-16-8-10-18-33(30)46(39(35)37)28-12-4-2-5-13-28/h2-25H,1H3. The first kappa shape index (κ1) is 28.2. The minimum Gasteiger partial charge on any atom is -0.308 e. The number of para-hydroxylation sites is 4. The number of amides is 2. The number of carbonyl (C=O) groups excluding carboxylic acids is 2. The predicted octanol–water partition coefficient (Wildman–Crippen LogP) is 9.45. The highest BCUT2D eigenvalue weighted by molar-refractivity contribution is 6.45. The van der Waals surface area contributed by atoms with E-state index in [-0.39, 0.29) is 5.95 Å². The van der Waals surface area contributed by atoms with Crippen LogP contribution in [-0.4, -0.2) is 30.9 Å². The lowest BCUT2D eigenvalue weighted by molar-refractivity contribution is 0.0924. The van der Waals surface area contributed by atoms with E-state index in [0.29, 0.717) is 27.9 Å². The smallest absolute Gasteiger partial charge is 0.270 e. The largest absolute Gasteiger partial charge is 0.308 e. The lowest BCUT2D eigenvalue weighted by Gasteiger charge is -2.13. The second-order valence-corrected chi connectivity index (χ2v) is 12.6. The van der Waals surface area contributed by atoms with Crippen LogP contribution in [0.4, 0.5) is 5.95 Å². The highest BCUT2D eigenvalue weighted by Crippen LogP contribution is 2.48. The molecule has 0 bridgehead atoms. The number of anilines is 1. The maximum Gasteiger partial charge on any atom is 0.270 e. The molecule has 0 saturated heterocycles. The van der Waals surface area contributed by atoms with Gasteiger partial charge in [-0.25, -0.2) is 14.9 Å². The Morgan fingerprint density at radius 1 is 0.520 bits per heavy atom. The summed E-state index contributed by atoms with van der Waals surface area (Å²) in [5, 5.41) is 3.82. The highest BCUT2D eigenvalue weighted by atomic mass is 16.2. The van der Waals surface area contributed by atoms with Crippen molar-refractivity contribution in [1.29, 1.82) is 0 Å². The quantitative estimate of drug-likeness (QED) is 0.179. The lowest BCUT2D eigenvalue weighted by atomic mass is 9.98. The number of aromatic nitrogens is 4. The molecule has 0 aliphatic carbocycles. The van der Waals surface area contributed by atoms with Gasteiger partial charge in [0.1, 0.15) is 0 Å². The first-order valence-corrected chi connectivity index (χ1v) is 16.5. The van der Waals surface area contributed by atoms with Crippen molar-refractivity contribution in [2.45, 2.75) is 6.92 Å². The van der Waals surface area contributed by atoms with Crippen molar-refractivity contribution < 1.29 is 9.59 Å². The van der Waals surface area contributed by atoms with Crippen molar-refractivity contribution in [2.75, 3.05) is 4.90 Å². The summed E-state index contributed by atoms with van der Waals surface area (Å²) in [4.78, 5) is 40.6. The van der Waals surface area contributed by atoms with Gasteiger partial charge in [-0.3, -0.25) is 9.59 Å². The fourth-order valence-electron chi connectivity index (χ4n) is 7.64. The number of imide groups is 1. The minimum absolute atomic E-state index is 0.0420. The Kier molecular flexibility index (Phi) is 5.96. The predicted molar refractivity (Wildman–Crippen MR) is 198 cm³/mol. The Balaban J connectivity index is 1.38. The molecule has 236 valence electrons. The molecule has 7 heteroatoms. The van der Waals surface area contributed by atoms with Crippen LogP contribution in [-0.2, 0) is 0 Å². The molecule has 2 amide bonds. The van der Waals surface area contributed by atoms with Crippen LogP contribution >= 0.6 is 0 Å². The Hall–Kier alpha value is -6.86. The van der Waals surface area contributed by atoms with Crippen LogP contribution in [0.3, 0.4) is 0 Å². The first-order valence-electron chi connectivity index (χ1n) is 16.5. The van der Waals surface area contributed by atoms with Gasteiger partial charge in [0.05, 0.1) is 38.9 Å². The second kappa shape index (κ2) is 10.6. The van der Waals surface area contributed by atoms with E-state index in [4.69, 9.17) is 4.98 Å². The summed E-state index contributed by atoms with van der Waals surface area (Å²) in [6, 6.07) is 46.2. The van der Waals surface area contributed by atoms with Crippen molar-refractivity contribution in [2.24, 2.45) is 0 Å². The second-order valence-electron chi connectivity index (χ2n) is 12.6. The van der Waals surface area contributed by atoms with Crippen LogP contribution in [0.25, 0.3) is 66.2 Å². The SMILES string of the molecule is Cc1ccc(-c2ccnc(N3C(=O)c4c(c5c(c6ccccc6n5-c5ccccc5)c5c6ccccc6n(-c6ccccc6)c45)C3=O)n2)cc1. The first-order chi connectivity index (χ1) is 24.6. The molecule has 0 saturated carbocycles. The molecule has 9 aromatic rings. The average Bonchev–Trinajstić information content (AvgIpc) is 3.77. The number of hydrogen-bond donors (Lipinski definition) is 0. The molecular formula is C43H27N5O2. The normalized spacial score (nSPS) is 12.9. The molecule has 0 radical (unpaired) electrons. The van der Waals surface area contributed by atoms with Crippen molar-refractivity contribution in [3.05, 3.63) is 162 Å². The number of nitrogens with zero attached hydrogens (tertiary/aromatic N) is 5. The molecule has 50 heavy (non-hydrogen) atoms. The molecule has 6 aromatic carbocycles. The summed E-state index contributed by atoms with van der Waals surface area (Å²) in [5.74, 6) is -0.869. The van der Waals surface area contributed by atoms with E-state index in [2.05, 4.69) is 38.4 Å². The number of aryl methyl sites for hydroxylation is 1. The molecule has 4 heterocycles. The molecule has 0 fully saturated rings. The Morgan fingerprint density at radius 2 is 1.00 bits per heavy atom. The third-order valence-corrected chi connectivity index (χ3v) is 9.78. The topological polar surface area (TPSA) is 73.0 Å². The van der Waals surface area contributed by atoms with Gasteiger partial charge >= 0.3 is 0 Å². The number of benzene rings is 6.